The van der Waals surface area contributed by atoms with Crippen molar-refractivity contribution in [1.82, 2.24) is 15.0 Å². The molecule has 2 aromatic heterocycles. The minimum Gasteiger partial charge on any atom is -0.356 e. The average Bonchev–Trinajstić information content (AvgIpc) is 2.99. The van der Waals surface area contributed by atoms with Crippen LogP contribution in [0.4, 0.5) is 10.2 Å². The smallest absolute Gasteiger partial charge is 0.156 e. The molecule has 0 aliphatic rings. The van der Waals surface area contributed by atoms with Crippen LogP contribution in [0.25, 0.3) is 0 Å². The van der Waals surface area contributed by atoms with E-state index in [0.717, 1.165) is 6.20 Å². The second kappa shape index (κ2) is 7.46. The molecule has 3 N–H and O–H groups in total. The number of rotatable bonds is 5. The fraction of sp³-hybridized carbons (Fsp3) is 0.176. The molecule has 1 aromatic carbocycles. The van der Waals surface area contributed by atoms with Gasteiger partial charge in [-0.1, -0.05) is 29.3 Å². The predicted molar refractivity (Wildman–Crippen MR) is 104 cm³/mol. The summed E-state index contributed by atoms with van der Waals surface area (Å²) in [5, 5.41) is 4.09. The lowest BCUT2D eigenvalue weighted by atomic mass is 10.1. The summed E-state index contributed by atoms with van der Waals surface area (Å²) in [4.78, 5) is 11.4. The Balaban J connectivity index is 2.09. The van der Waals surface area contributed by atoms with Gasteiger partial charge in [0.25, 0.3) is 0 Å². The minimum atomic E-state index is -3.00. The summed E-state index contributed by atoms with van der Waals surface area (Å²) in [6, 6.07) is 7.29. The average molecular weight is 428 g/mol. The van der Waals surface area contributed by atoms with Gasteiger partial charge in [0.05, 0.1) is 26.0 Å². The predicted octanol–water partition coefficient (Wildman–Crippen LogP) is 4.80. The molecule has 3 rings (SSSR count). The molecule has 0 aliphatic carbocycles. The first-order valence-corrected chi connectivity index (χ1v) is 10.5. The van der Waals surface area contributed by atoms with E-state index in [4.69, 9.17) is 28.0 Å². The van der Waals surface area contributed by atoms with Crippen LogP contribution in [-0.2, 0) is 9.73 Å². The van der Waals surface area contributed by atoms with E-state index in [0.29, 0.717) is 32.9 Å². The number of hydrogen-bond acceptors (Lipinski definition) is 5. The Labute approximate surface area is 166 Å². The molecule has 0 bridgehead atoms. The van der Waals surface area contributed by atoms with Crippen molar-refractivity contribution >= 4 is 38.7 Å². The van der Waals surface area contributed by atoms with Gasteiger partial charge in [-0.05, 0) is 36.8 Å². The Morgan fingerprint density at radius 1 is 1.26 bits per heavy atom. The van der Waals surface area contributed by atoms with Gasteiger partial charge >= 0.3 is 0 Å². The molecule has 0 saturated carbocycles. The summed E-state index contributed by atoms with van der Waals surface area (Å²) < 4.78 is 33.1. The maximum atomic E-state index is 13.2. The van der Waals surface area contributed by atoms with Gasteiger partial charge < -0.3 is 10.3 Å². The van der Waals surface area contributed by atoms with Crippen molar-refractivity contribution in [1.29, 1.82) is 4.78 Å². The minimum absolute atomic E-state index is 0.177. The van der Waals surface area contributed by atoms with Crippen LogP contribution in [0.1, 0.15) is 23.1 Å². The molecule has 10 heteroatoms. The van der Waals surface area contributed by atoms with Crippen molar-refractivity contribution < 1.29 is 8.60 Å². The van der Waals surface area contributed by atoms with Crippen LogP contribution in [0, 0.1) is 17.5 Å². The standard InChI is InChI=1S/C17H16Cl2FN5OS/c1-9-17(27(2,21)26)25-16(23-9)15(10-3-5-12(18)13(19)7-10)24-14-6-4-11(20)8-22-14/h3-8,15,21H,1-2H3,(H,22,24)(H,23,25)/t15?,27-/m1/s1. The van der Waals surface area contributed by atoms with Gasteiger partial charge in [0, 0.05) is 11.9 Å². The van der Waals surface area contributed by atoms with E-state index in [-0.39, 0.29) is 5.03 Å². The molecule has 27 heavy (non-hydrogen) atoms. The van der Waals surface area contributed by atoms with Crippen LogP contribution in [0.5, 0.6) is 0 Å². The van der Waals surface area contributed by atoms with Crippen LogP contribution >= 0.6 is 23.2 Å². The Bertz CT molecular complexity index is 1080. The summed E-state index contributed by atoms with van der Waals surface area (Å²) in [7, 11) is -3.00. The van der Waals surface area contributed by atoms with Gasteiger partial charge in [0.2, 0.25) is 0 Å². The van der Waals surface area contributed by atoms with Crippen LogP contribution in [0.2, 0.25) is 10.0 Å². The quantitative estimate of drug-likeness (QED) is 0.544. The molecule has 0 fully saturated rings. The normalized spacial score (nSPS) is 14.6. The molecule has 2 atom stereocenters. The van der Waals surface area contributed by atoms with Crippen LogP contribution < -0.4 is 5.32 Å². The molecule has 6 nitrogen and oxygen atoms in total. The zero-order valence-electron chi connectivity index (χ0n) is 14.4. The molecule has 2 heterocycles. The van der Waals surface area contributed by atoms with Gasteiger partial charge in [-0.15, -0.1) is 0 Å². The van der Waals surface area contributed by atoms with Crippen molar-refractivity contribution in [2.24, 2.45) is 0 Å². The Hall–Kier alpha value is -2.16. The molecular formula is C17H16Cl2FN5OS. The van der Waals surface area contributed by atoms with Crippen molar-refractivity contribution in [3.63, 3.8) is 0 Å². The largest absolute Gasteiger partial charge is 0.356 e. The highest BCUT2D eigenvalue weighted by Crippen LogP contribution is 2.31. The number of benzene rings is 1. The summed E-state index contributed by atoms with van der Waals surface area (Å²) in [5.41, 5.74) is 1.25. The third kappa shape index (κ3) is 4.40. The zero-order chi connectivity index (χ0) is 19.8. The lowest BCUT2D eigenvalue weighted by molar-refractivity contribution is 0.621. The van der Waals surface area contributed by atoms with Crippen molar-refractivity contribution in [2.45, 2.75) is 18.0 Å². The van der Waals surface area contributed by atoms with E-state index in [2.05, 4.69) is 20.3 Å². The van der Waals surface area contributed by atoms with E-state index < -0.39 is 21.6 Å². The molecule has 0 amide bonds. The number of pyridine rings is 1. The monoisotopic (exact) mass is 427 g/mol. The summed E-state index contributed by atoms with van der Waals surface area (Å²) >= 11 is 12.2. The maximum Gasteiger partial charge on any atom is 0.156 e. The van der Waals surface area contributed by atoms with Crippen molar-refractivity contribution in [3.05, 3.63) is 69.5 Å². The van der Waals surface area contributed by atoms with Gasteiger partial charge in [0.1, 0.15) is 23.5 Å². The number of imidazole rings is 1. The lowest BCUT2D eigenvalue weighted by Gasteiger charge is -2.18. The third-order valence-electron chi connectivity index (χ3n) is 3.80. The fourth-order valence-corrected chi connectivity index (χ4v) is 3.81. The van der Waals surface area contributed by atoms with Crippen molar-refractivity contribution in [2.75, 3.05) is 11.6 Å². The van der Waals surface area contributed by atoms with Crippen LogP contribution in [0.3, 0.4) is 0 Å². The summed E-state index contributed by atoms with van der Waals surface area (Å²) in [6.07, 6.45) is 2.40. The first-order valence-electron chi connectivity index (χ1n) is 7.78. The highest BCUT2D eigenvalue weighted by Gasteiger charge is 2.23. The summed E-state index contributed by atoms with van der Waals surface area (Å²) in [6.45, 7) is 1.70. The number of aryl methyl sites for hydroxylation is 1. The molecule has 3 aromatic rings. The Morgan fingerprint density at radius 2 is 2.00 bits per heavy atom. The number of halogens is 3. The molecule has 0 spiro atoms. The van der Waals surface area contributed by atoms with E-state index in [9.17, 15) is 8.60 Å². The second-order valence-electron chi connectivity index (χ2n) is 6.01. The van der Waals surface area contributed by atoms with E-state index in [1.165, 1.54) is 18.4 Å². The number of nitrogens with zero attached hydrogens (tertiary/aromatic N) is 2. The zero-order valence-corrected chi connectivity index (χ0v) is 16.7. The van der Waals surface area contributed by atoms with Gasteiger partial charge in [-0.25, -0.2) is 23.3 Å². The van der Waals surface area contributed by atoms with Gasteiger partial charge in [-0.3, -0.25) is 0 Å². The van der Waals surface area contributed by atoms with E-state index in [1.807, 2.05) is 0 Å². The van der Waals surface area contributed by atoms with Crippen LogP contribution in [0.15, 0.2) is 41.6 Å². The number of aromatic nitrogens is 3. The molecule has 0 radical (unpaired) electrons. The number of hydrogen-bond donors (Lipinski definition) is 3. The second-order valence-corrected chi connectivity index (χ2v) is 8.90. The topological polar surface area (TPSA) is 94.5 Å². The Morgan fingerprint density at radius 3 is 2.56 bits per heavy atom. The van der Waals surface area contributed by atoms with E-state index >= 15 is 0 Å². The number of nitrogens with one attached hydrogen (secondary N) is 3. The lowest BCUT2D eigenvalue weighted by Crippen LogP contribution is -2.15. The fourth-order valence-electron chi connectivity index (χ4n) is 2.59. The SMILES string of the molecule is Cc1[nH]c(C(Nc2ccc(F)cn2)c2ccc(Cl)c(Cl)c2)nc1[S@](C)(=N)=O. The first kappa shape index (κ1) is 19.6. The molecule has 0 aliphatic heterocycles. The van der Waals surface area contributed by atoms with Gasteiger partial charge in [0.15, 0.2) is 5.03 Å². The highest BCUT2D eigenvalue weighted by atomic mass is 35.5. The van der Waals surface area contributed by atoms with Gasteiger partial charge in [-0.2, -0.15) is 0 Å². The first-order chi connectivity index (χ1) is 12.6. The number of aromatic amines is 1. The summed E-state index contributed by atoms with van der Waals surface area (Å²) in [5.74, 6) is 0.378. The molecule has 0 saturated heterocycles. The van der Waals surface area contributed by atoms with Crippen molar-refractivity contribution in [3.8, 4) is 0 Å². The molecule has 1 unspecified atom stereocenters. The maximum absolute atomic E-state index is 13.2. The van der Waals surface area contributed by atoms with Crippen LogP contribution in [-0.4, -0.2) is 25.4 Å². The Kier molecular flexibility index (Phi) is 5.41. The van der Waals surface area contributed by atoms with E-state index in [1.54, 1.807) is 25.1 Å². The number of anilines is 1. The highest BCUT2D eigenvalue weighted by molar-refractivity contribution is 7.91. The third-order valence-corrected chi connectivity index (χ3v) is 5.67. The molecular weight excluding hydrogens is 412 g/mol. The molecule has 142 valence electrons. The number of H-pyrrole nitrogens is 1.